The lowest BCUT2D eigenvalue weighted by Crippen LogP contribution is -2.19. The van der Waals surface area contributed by atoms with E-state index in [2.05, 4.69) is 66.8 Å². The summed E-state index contributed by atoms with van der Waals surface area (Å²) >= 11 is 0. The Morgan fingerprint density at radius 2 is 1.43 bits per heavy atom. The van der Waals surface area contributed by atoms with Gasteiger partial charge in [0.25, 0.3) is 0 Å². The van der Waals surface area contributed by atoms with Crippen molar-refractivity contribution in [2.75, 3.05) is 31.8 Å². The zero-order chi connectivity index (χ0) is 20.8. The molecule has 0 saturated heterocycles. The monoisotopic (exact) mass is 464 g/mol. The number of allylic oxidation sites excluding steroid dienone is 7. The Morgan fingerprint density at radius 1 is 0.893 bits per heavy atom. The number of rotatable bonds is 5. The normalized spacial score (nSPS) is 38.0. The van der Waals surface area contributed by atoms with Crippen molar-refractivity contribution in [3.63, 3.8) is 0 Å². The van der Waals surface area contributed by atoms with Crippen LogP contribution in [0.2, 0.25) is 0 Å². The number of fused-ring (bicyclic) bond motifs is 4. The summed E-state index contributed by atoms with van der Waals surface area (Å²) in [6.07, 6.45) is 17.1. The molecule has 0 aromatic rings. The average molecular weight is 464 g/mol. The van der Waals surface area contributed by atoms with Crippen LogP contribution < -0.4 is 0 Å². The molecular formula is C23H33P5+2. The van der Waals surface area contributed by atoms with E-state index in [0.717, 1.165) is 6.16 Å². The third-order valence-corrected chi connectivity index (χ3v) is 19.1. The van der Waals surface area contributed by atoms with E-state index < -0.39 is 0 Å². The largest absolute Gasteiger partial charge is 0.150 e. The van der Waals surface area contributed by atoms with E-state index in [4.69, 9.17) is 0 Å². The maximum atomic E-state index is 4.53. The van der Waals surface area contributed by atoms with Crippen LogP contribution in [0.15, 0.2) is 43.0 Å². The summed E-state index contributed by atoms with van der Waals surface area (Å²) in [6, 6.07) is 0. The van der Waals surface area contributed by atoms with Gasteiger partial charge in [-0.3, -0.25) is 0 Å². The van der Waals surface area contributed by atoms with Crippen molar-refractivity contribution < 1.29 is 0 Å². The standard InChI is InChI=1S/C23H33P5/c1-14-19(28-12-22(14,4)16(3)21(28)26(9)10)18-15(2)23(5)13-27(18)17(11-24-6)20(23)25(7)8/h6-7,9,11-13H2,1-5,8,10H3/q+2. The molecule has 0 aliphatic carbocycles. The molecule has 28 heavy (non-hydrogen) atoms. The van der Waals surface area contributed by atoms with E-state index in [1.54, 1.807) is 32.4 Å². The highest BCUT2D eigenvalue weighted by Gasteiger charge is 2.60. The van der Waals surface area contributed by atoms with Crippen LogP contribution >= 0.6 is 39.1 Å². The van der Waals surface area contributed by atoms with Gasteiger partial charge in [-0.2, -0.15) is 0 Å². The lowest BCUT2D eigenvalue weighted by atomic mass is 9.78. The summed E-state index contributed by atoms with van der Waals surface area (Å²) in [5, 5.41) is 8.90. The Kier molecular flexibility index (Phi) is 5.33. The molecule has 6 unspecified atom stereocenters. The Balaban J connectivity index is 1.90. The summed E-state index contributed by atoms with van der Waals surface area (Å²) in [6.45, 7) is 17.1. The van der Waals surface area contributed by atoms with Crippen molar-refractivity contribution in [1.82, 2.24) is 0 Å². The maximum Gasteiger partial charge on any atom is 0.150 e. The lowest BCUT2D eigenvalue weighted by Gasteiger charge is -2.31. The molecule has 4 rings (SSSR count). The summed E-state index contributed by atoms with van der Waals surface area (Å²) in [5.41, 5.74) is 5.65. The van der Waals surface area contributed by atoms with Crippen LogP contribution in [-0.2, 0) is 0 Å². The van der Waals surface area contributed by atoms with E-state index in [9.17, 15) is 0 Å². The molecule has 0 spiro atoms. The van der Waals surface area contributed by atoms with Crippen molar-refractivity contribution in [1.29, 1.82) is 0 Å². The van der Waals surface area contributed by atoms with Gasteiger partial charge in [0.2, 0.25) is 0 Å². The zero-order valence-electron chi connectivity index (χ0n) is 18.5. The molecule has 0 fully saturated rings. The second-order valence-corrected chi connectivity index (χ2v) is 18.3. The topological polar surface area (TPSA) is 0 Å². The van der Waals surface area contributed by atoms with Gasteiger partial charge in [-0.25, -0.2) is 0 Å². The molecule has 4 bridgehead atoms. The third kappa shape index (κ3) is 2.55. The second kappa shape index (κ2) is 6.92. The molecule has 0 N–H and O–H groups in total. The Morgan fingerprint density at radius 3 is 1.93 bits per heavy atom. The Hall–Kier alpha value is 0.330. The fourth-order valence-corrected chi connectivity index (χ4v) is 20.3. The van der Waals surface area contributed by atoms with Crippen LogP contribution in [-0.4, -0.2) is 50.7 Å². The first-order valence-electron chi connectivity index (χ1n) is 9.94. The van der Waals surface area contributed by atoms with Gasteiger partial charge < -0.3 is 0 Å². The molecule has 4 aliphatic rings. The van der Waals surface area contributed by atoms with Crippen LogP contribution in [0.5, 0.6) is 0 Å². The molecule has 6 atom stereocenters. The van der Waals surface area contributed by atoms with Gasteiger partial charge in [0.1, 0.15) is 38.8 Å². The minimum absolute atomic E-state index is 0.159. The molecule has 0 aromatic heterocycles. The van der Waals surface area contributed by atoms with E-state index in [1.807, 2.05) is 10.6 Å². The summed E-state index contributed by atoms with van der Waals surface area (Å²) in [4.78, 5) is 0. The molecule has 0 amide bonds. The highest BCUT2D eigenvalue weighted by atomic mass is 31.2. The molecular weight excluding hydrogens is 431 g/mol. The van der Waals surface area contributed by atoms with Crippen LogP contribution in [0.3, 0.4) is 0 Å². The molecule has 0 aromatic carbocycles. The van der Waals surface area contributed by atoms with Crippen LogP contribution in [0.4, 0.5) is 0 Å². The summed E-state index contributed by atoms with van der Waals surface area (Å²) in [5.74, 6) is 0. The van der Waals surface area contributed by atoms with E-state index in [-0.39, 0.29) is 36.3 Å². The maximum absolute atomic E-state index is 4.53. The molecule has 148 valence electrons. The fraction of sp³-hybridized carbons (Fsp3) is 0.522. The number of hydrogen-bond acceptors (Lipinski definition) is 0. The summed E-state index contributed by atoms with van der Waals surface area (Å²) < 4.78 is 0. The van der Waals surface area contributed by atoms with Crippen LogP contribution in [0.25, 0.3) is 0 Å². The van der Waals surface area contributed by atoms with E-state index >= 15 is 0 Å². The van der Waals surface area contributed by atoms with Crippen molar-refractivity contribution in [2.45, 2.75) is 34.6 Å². The van der Waals surface area contributed by atoms with Crippen molar-refractivity contribution in [3.8, 4) is 0 Å². The highest BCUT2D eigenvalue weighted by molar-refractivity contribution is 7.84. The highest BCUT2D eigenvalue weighted by Crippen LogP contribution is 2.86. The van der Waals surface area contributed by atoms with Crippen LogP contribution in [0.1, 0.15) is 34.6 Å². The Bertz CT molecular complexity index is 988. The van der Waals surface area contributed by atoms with E-state index in [1.165, 1.54) is 20.5 Å². The second-order valence-electron chi connectivity index (χ2n) is 9.31. The van der Waals surface area contributed by atoms with Gasteiger partial charge in [-0.15, -0.1) is 8.20 Å². The first-order chi connectivity index (χ1) is 13.0. The SMILES string of the molecule is C=PCC1=C([P+](=C)C)C2(C)CP1C(C1=C(C)C3(C)CP1C([P+](=C)C)=C3C)=C2C. The minimum atomic E-state index is -0.275. The predicted octanol–water partition coefficient (Wildman–Crippen LogP) is 8.47. The van der Waals surface area contributed by atoms with Gasteiger partial charge in [0.05, 0.1) is 18.0 Å². The van der Waals surface area contributed by atoms with Gasteiger partial charge in [-0.1, -0.05) is 24.4 Å². The van der Waals surface area contributed by atoms with Gasteiger partial charge in [-0.05, 0) is 64.1 Å². The quantitative estimate of drug-likeness (QED) is 0.358. The Labute approximate surface area is 178 Å². The summed E-state index contributed by atoms with van der Waals surface area (Å²) in [7, 11) is 0.424. The van der Waals surface area contributed by atoms with Crippen molar-refractivity contribution in [2.24, 2.45) is 10.8 Å². The molecule has 4 aliphatic heterocycles. The third-order valence-electron chi connectivity index (χ3n) is 7.62. The first kappa shape index (κ1) is 21.6. The van der Waals surface area contributed by atoms with Crippen molar-refractivity contribution in [3.05, 3.63) is 43.0 Å². The smallest absolute Gasteiger partial charge is 0.107 e. The predicted molar refractivity (Wildman–Crippen MR) is 144 cm³/mol. The minimum Gasteiger partial charge on any atom is -0.107 e. The lowest BCUT2D eigenvalue weighted by molar-refractivity contribution is 0.563. The molecule has 4 heterocycles. The zero-order valence-corrected chi connectivity index (χ0v) is 23.0. The first-order valence-corrected chi connectivity index (χ1v) is 18.2. The average Bonchev–Trinajstić information content (AvgIpc) is 3.20. The van der Waals surface area contributed by atoms with Gasteiger partial charge in [0, 0.05) is 24.8 Å². The van der Waals surface area contributed by atoms with Crippen LogP contribution in [0, 0.1) is 10.8 Å². The molecule has 0 radical (unpaired) electrons. The molecule has 0 saturated carbocycles. The van der Waals surface area contributed by atoms with Gasteiger partial charge in [0.15, 0.2) is 0 Å². The van der Waals surface area contributed by atoms with Gasteiger partial charge >= 0.3 is 0 Å². The molecule has 0 nitrogen and oxygen atoms in total. The number of hydrogen-bond donors (Lipinski definition) is 0. The van der Waals surface area contributed by atoms with E-state index in [0.29, 0.717) is 5.41 Å². The molecule has 5 heteroatoms. The fourth-order valence-electron chi connectivity index (χ4n) is 5.93. The van der Waals surface area contributed by atoms with Crippen molar-refractivity contribution >= 4 is 58.0 Å².